The second-order valence-electron chi connectivity index (χ2n) is 9.79. The van der Waals surface area contributed by atoms with E-state index in [9.17, 15) is 18.3 Å². The molecule has 6 nitrogen and oxygen atoms in total. The largest absolute Gasteiger partial charge is 0.452 e. The molecule has 1 aliphatic carbocycles. The van der Waals surface area contributed by atoms with Crippen LogP contribution in [0.25, 0.3) is 39.1 Å². The minimum absolute atomic E-state index is 0.0948. The highest BCUT2D eigenvalue weighted by Gasteiger charge is 2.49. The van der Waals surface area contributed by atoms with Gasteiger partial charge in [-0.2, -0.15) is 13.2 Å². The van der Waals surface area contributed by atoms with Crippen molar-refractivity contribution >= 4 is 16.7 Å². The van der Waals surface area contributed by atoms with Gasteiger partial charge >= 0.3 is 6.18 Å². The van der Waals surface area contributed by atoms with E-state index in [1.165, 1.54) is 6.07 Å². The van der Waals surface area contributed by atoms with E-state index in [2.05, 4.69) is 10.2 Å². The van der Waals surface area contributed by atoms with Crippen LogP contribution in [0, 0.1) is 0 Å². The molecule has 0 bridgehead atoms. The predicted molar refractivity (Wildman–Crippen MR) is 130 cm³/mol. The third-order valence-electron chi connectivity index (χ3n) is 6.81. The molecular weight excluding hydrogens is 467 g/mol. The molecule has 1 fully saturated rings. The number of rotatable bonds is 3. The highest BCUT2D eigenvalue weighted by Crippen LogP contribution is 2.46. The number of pyridine rings is 2. The van der Waals surface area contributed by atoms with Crippen LogP contribution in [0.4, 0.5) is 13.2 Å². The summed E-state index contributed by atoms with van der Waals surface area (Å²) < 4.78 is 42.1. The Labute approximate surface area is 204 Å². The van der Waals surface area contributed by atoms with Gasteiger partial charge in [0, 0.05) is 16.7 Å². The number of benzene rings is 2. The van der Waals surface area contributed by atoms with Crippen LogP contribution in [0.2, 0.25) is 0 Å². The zero-order valence-corrected chi connectivity index (χ0v) is 19.3. The average molecular weight is 490 g/mol. The predicted octanol–water partition coefficient (Wildman–Crippen LogP) is 5.33. The maximum atomic E-state index is 13.7. The van der Waals surface area contributed by atoms with Crippen LogP contribution < -0.4 is 5.73 Å². The number of hydrogen-bond donors (Lipinski definition) is 2. The second-order valence-corrected chi connectivity index (χ2v) is 9.79. The van der Waals surface area contributed by atoms with Gasteiger partial charge in [-0.3, -0.25) is 4.40 Å². The topological polar surface area (TPSA) is 89.3 Å². The van der Waals surface area contributed by atoms with Crippen molar-refractivity contribution < 1.29 is 18.3 Å². The van der Waals surface area contributed by atoms with Gasteiger partial charge < -0.3 is 10.8 Å². The number of nitrogens with two attached hydrogens (primary N) is 1. The van der Waals surface area contributed by atoms with E-state index in [1.807, 2.05) is 54.6 Å². The Kier molecular flexibility index (Phi) is 4.77. The lowest BCUT2D eigenvalue weighted by Crippen LogP contribution is -2.58. The molecule has 1 saturated carbocycles. The smallest absolute Gasteiger partial charge is 0.390 e. The standard InChI is InChI=1S/C27H22F3N5O/c1-25(36)14-26(31,15-25)18-9-7-17(8-10-18)23-19(16-5-3-2-4-6-16)13-21-20(32-23)11-12-22-33-34-24(35(21)22)27(28,29)30/h2-13,36H,14-15,31H2,1H3. The van der Waals surface area contributed by atoms with Gasteiger partial charge in [0.15, 0.2) is 5.65 Å². The van der Waals surface area contributed by atoms with E-state index in [-0.39, 0.29) is 11.2 Å². The monoisotopic (exact) mass is 489 g/mol. The van der Waals surface area contributed by atoms with Crippen LogP contribution in [-0.4, -0.2) is 30.3 Å². The Balaban J connectivity index is 1.55. The fourth-order valence-electron chi connectivity index (χ4n) is 5.33. The van der Waals surface area contributed by atoms with Gasteiger partial charge in [0.25, 0.3) is 0 Å². The maximum Gasteiger partial charge on any atom is 0.452 e. The van der Waals surface area contributed by atoms with E-state index in [4.69, 9.17) is 10.7 Å². The Hall–Kier alpha value is -3.82. The molecule has 182 valence electrons. The molecule has 5 aromatic rings. The van der Waals surface area contributed by atoms with E-state index in [0.29, 0.717) is 29.6 Å². The lowest BCUT2D eigenvalue weighted by molar-refractivity contribution is -0.145. The Morgan fingerprint density at radius 2 is 1.61 bits per heavy atom. The molecule has 0 aliphatic heterocycles. The fraction of sp³-hybridized carbons (Fsp3) is 0.222. The van der Waals surface area contributed by atoms with Crippen molar-refractivity contribution in [3.05, 3.63) is 84.2 Å². The van der Waals surface area contributed by atoms with Crippen LogP contribution in [0.5, 0.6) is 0 Å². The molecule has 0 radical (unpaired) electrons. The highest BCUT2D eigenvalue weighted by atomic mass is 19.4. The summed E-state index contributed by atoms with van der Waals surface area (Å²) in [6, 6.07) is 21.9. The first kappa shape index (κ1) is 22.6. The van der Waals surface area contributed by atoms with Crippen molar-refractivity contribution in [3.8, 4) is 22.4 Å². The van der Waals surface area contributed by atoms with Crippen molar-refractivity contribution in [3.63, 3.8) is 0 Å². The number of aromatic nitrogens is 4. The molecule has 1 aliphatic rings. The molecule has 0 spiro atoms. The Morgan fingerprint density at radius 3 is 2.25 bits per heavy atom. The van der Waals surface area contributed by atoms with Crippen LogP contribution >= 0.6 is 0 Å². The summed E-state index contributed by atoms with van der Waals surface area (Å²) >= 11 is 0. The number of alkyl halides is 3. The molecule has 0 atom stereocenters. The van der Waals surface area contributed by atoms with Crippen LogP contribution in [-0.2, 0) is 11.7 Å². The Bertz CT molecular complexity index is 1600. The van der Waals surface area contributed by atoms with Gasteiger partial charge in [-0.05, 0) is 49.1 Å². The van der Waals surface area contributed by atoms with Gasteiger partial charge in [0.1, 0.15) is 0 Å². The van der Waals surface area contributed by atoms with Crippen molar-refractivity contribution in [2.45, 2.75) is 37.1 Å². The molecule has 3 aromatic heterocycles. The zero-order chi connectivity index (χ0) is 25.3. The number of hydrogen-bond acceptors (Lipinski definition) is 5. The van der Waals surface area contributed by atoms with Crippen molar-refractivity contribution in [1.29, 1.82) is 0 Å². The maximum absolute atomic E-state index is 13.7. The van der Waals surface area contributed by atoms with Gasteiger partial charge in [0.05, 0.1) is 22.3 Å². The minimum Gasteiger partial charge on any atom is -0.390 e. The first-order valence-corrected chi connectivity index (χ1v) is 11.5. The summed E-state index contributed by atoms with van der Waals surface area (Å²) in [7, 11) is 0. The van der Waals surface area contributed by atoms with Gasteiger partial charge in [-0.25, -0.2) is 4.98 Å². The molecule has 36 heavy (non-hydrogen) atoms. The normalized spacial score (nSPS) is 22.2. The Morgan fingerprint density at radius 1 is 0.917 bits per heavy atom. The number of fused-ring (bicyclic) bond motifs is 3. The van der Waals surface area contributed by atoms with Crippen LogP contribution in [0.15, 0.2) is 72.8 Å². The third-order valence-corrected chi connectivity index (χ3v) is 6.81. The van der Waals surface area contributed by atoms with Crippen LogP contribution in [0.1, 0.15) is 31.2 Å². The van der Waals surface area contributed by atoms with Gasteiger partial charge in [-0.15, -0.1) is 10.2 Å². The first-order valence-electron chi connectivity index (χ1n) is 11.5. The quantitative estimate of drug-likeness (QED) is 0.358. The summed E-state index contributed by atoms with van der Waals surface area (Å²) in [5.41, 5.74) is 9.73. The number of halogens is 3. The lowest BCUT2D eigenvalue weighted by Gasteiger charge is -2.49. The minimum atomic E-state index is -4.67. The number of nitrogens with zero attached hydrogens (tertiary/aromatic N) is 4. The van der Waals surface area contributed by atoms with Crippen molar-refractivity contribution in [2.24, 2.45) is 5.73 Å². The van der Waals surface area contributed by atoms with Crippen molar-refractivity contribution in [1.82, 2.24) is 19.6 Å². The molecule has 6 rings (SSSR count). The number of aliphatic hydroxyl groups is 1. The molecule has 3 N–H and O–H groups in total. The SMILES string of the molecule is CC1(O)CC(N)(c2ccc(-c3nc4ccc5nnc(C(F)(F)F)n5c4cc3-c3ccccc3)cc2)C1. The summed E-state index contributed by atoms with van der Waals surface area (Å²) in [6.07, 6.45) is -3.72. The van der Waals surface area contributed by atoms with E-state index < -0.39 is 23.1 Å². The van der Waals surface area contributed by atoms with Crippen LogP contribution in [0.3, 0.4) is 0 Å². The third kappa shape index (κ3) is 3.63. The van der Waals surface area contributed by atoms with Gasteiger partial charge in [0.2, 0.25) is 5.82 Å². The van der Waals surface area contributed by atoms with E-state index >= 15 is 0 Å². The van der Waals surface area contributed by atoms with Crippen molar-refractivity contribution in [2.75, 3.05) is 0 Å². The summed E-state index contributed by atoms with van der Waals surface area (Å²) in [6.45, 7) is 1.77. The van der Waals surface area contributed by atoms with E-state index in [0.717, 1.165) is 21.1 Å². The van der Waals surface area contributed by atoms with E-state index in [1.54, 1.807) is 19.1 Å². The van der Waals surface area contributed by atoms with Gasteiger partial charge in [-0.1, -0.05) is 54.6 Å². The molecule has 9 heteroatoms. The molecule has 2 aromatic carbocycles. The molecule has 0 amide bonds. The molecule has 3 heterocycles. The molecular formula is C27H22F3N5O. The second kappa shape index (κ2) is 7.59. The average Bonchev–Trinajstić information content (AvgIpc) is 3.28. The first-order chi connectivity index (χ1) is 17.0. The summed E-state index contributed by atoms with van der Waals surface area (Å²) in [5, 5.41) is 17.3. The lowest BCUT2D eigenvalue weighted by atomic mass is 9.63. The summed E-state index contributed by atoms with van der Waals surface area (Å²) in [5.74, 6) is -1.09. The summed E-state index contributed by atoms with van der Waals surface area (Å²) in [4.78, 5) is 4.81. The molecule has 0 saturated heterocycles. The highest BCUT2D eigenvalue weighted by molar-refractivity contribution is 5.91. The zero-order valence-electron chi connectivity index (χ0n) is 19.3. The molecule has 0 unspecified atom stereocenters. The fourth-order valence-corrected chi connectivity index (χ4v) is 5.33.